The van der Waals surface area contributed by atoms with Crippen molar-refractivity contribution in [2.45, 2.75) is 0 Å². The second-order valence-corrected chi connectivity index (χ2v) is 8.23. The Morgan fingerprint density at radius 3 is 2.21 bits per heavy atom. The number of rotatable bonds is 2. The highest BCUT2D eigenvalue weighted by Gasteiger charge is 2.15. The Bertz CT molecular complexity index is 1830. The van der Waals surface area contributed by atoms with Crippen molar-refractivity contribution in [2.24, 2.45) is 0 Å². The molecular weight excluding hydrogens is 404 g/mol. The first-order chi connectivity index (χ1) is 16.4. The number of para-hydroxylation sites is 2. The van der Waals surface area contributed by atoms with E-state index in [2.05, 4.69) is 72.8 Å². The Kier molecular flexibility index (Phi) is 3.84. The molecule has 0 atom stereocenters. The summed E-state index contributed by atoms with van der Waals surface area (Å²) in [6, 6.07) is 35.3. The monoisotopic (exact) mass is 422 g/mol. The second kappa shape index (κ2) is 7.01. The lowest BCUT2D eigenvalue weighted by Gasteiger charge is -2.11. The molecule has 0 aliphatic rings. The molecule has 0 aliphatic heterocycles. The van der Waals surface area contributed by atoms with E-state index in [9.17, 15) is 0 Å². The molecule has 0 bridgehead atoms. The van der Waals surface area contributed by atoms with Gasteiger partial charge in [-0.05, 0) is 46.8 Å². The molecule has 0 fully saturated rings. The first kappa shape index (κ1) is 18.1. The van der Waals surface area contributed by atoms with E-state index in [1.165, 1.54) is 5.39 Å². The van der Waals surface area contributed by atoms with Gasteiger partial charge in [-0.25, -0.2) is 4.98 Å². The predicted octanol–water partition coefficient (Wildman–Crippen LogP) is 8.02. The summed E-state index contributed by atoms with van der Waals surface area (Å²) in [4.78, 5) is 9.77. The third-order valence-electron chi connectivity index (χ3n) is 6.32. The second-order valence-electron chi connectivity index (χ2n) is 8.23. The molecule has 0 saturated heterocycles. The molecule has 154 valence electrons. The van der Waals surface area contributed by atoms with Crippen molar-refractivity contribution in [1.82, 2.24) is 9.97 Å². The van der Waals surface area contributed by atoms with Crippen molar-refractivity contribution < 1.29 is 4.42 Å². The normalized spacial score (nSPS) is 11.6. The quantitative estimate of drug-likeness (QED) is 0.265. The van der Waals surface area contributed by atoms with Gasteiger partial charge in [-0.2, -0.15) is 0 Å². The molecule has 0 unspecified atom stereocenters. The van der Waals surface area contributed by atoms with Crippen LogP contribution in [0.2, 0.25) is 0 Å². The summed E-state index contributed by atoms with van der Waals surface area (Å²) in [6.07, 6.45) is 1.87. The average molecular weight is 422 g/mol. The standard InChI is InChI=1S/C30H18N2O/c1-2-10-23-21(8-1)22-9-3-5-13-25(22)32-30(23)26-18-19(16-17-31-26)20-12-7-15-28-29(20)24-11-4-6-14-27(24)33-28/h1-18H. The van der Waals surface area contributed by atoms with Gasteiger partial charge < -0.3 is 4.42 Å². The maximum absolute atomic E-state index is 6.11. The highest BCUT2D eigenvalue weighted by molar-refractivity contribution is 6.13. The highest BCUT2D eigenvalue weighted by Crippen LogP contribution is 2.38. The lowest BCUT2D eigenvalue weighted by molar-refractivity contribution is 0.669. The first-order valence-corrected chi connectivity index (χ1v) is 11.0. The summed E-state index contributed by atoms with van der Waals surface area (Å²) in [5.74, 6) is 0. The molecule has 0 aliphatic carbocycles. The van der Waals surface area contributed by atoms with Crippen LogP contribution in [-0.4, -0.2) is 9.97 Å². The third-order valence-corrected chi connectivity index (χ3v) is 6.32. The summed E-state index contributed by atoms with van der Waals surface area (Å²) in [5.41, 5.74) is 6.75. The number of furan rings is 1. The minimum absolute atomic E-state index is 0.860. The number of nitrogens with zero attached hydrogens (tertiary/aromatic N) is 2. The van der Waals surface area contributed by atoms with Crippen molar-refractivity contribution in [3.63, 3.8) is 0 Å². The Morgan fingerprint density at radius 2 is 1.30 bits per heavy atom. The topological polar surface area (TPSA) is 38.9 Å². The number of fused-ring (bicyclic) bond motifs is 6. The van der Waals surface area contributed by atoms with E-state index in [4.69, 9.17) is 14.4 Å². The maximum atomic E-state index is 6.11. The summed E-state index contributed by atoms with van der Waals surface area (Å²) in [5, 5.41) is 5.70. The smallest absolute Gasteiger partial charge is 0.136 e. The average Bonchev–Trinajstić information content (AvgIpc) is 3.27. The van der Waals surface area contributed by atoms with Crippen molar-refractivity contribution >= 4 is 43.6 Å². The zero-order valence-electron chi connectivity index (χ0n) is 17.7. The first-order valence-electron chi connectivity index (χ1n) is 11.0. The Hall–Kier alpha value is -4.50. The van der Waals surface area contributed by atoms with E-state index in [0.29, 0.717) is 0 Å². The van der Waals surface area contributed by atoms with Gasteiger partial charge in [-0.15, -0.1) is 0 Å². The number of hydrogen-bond acceptors (Lipinski definition) is 3. The van der Waals surface area contributed by atoms with E-state index >= 15 is 0 Å². The molecule has 0 saturated carbocycles. The van der Waals surface area contributed by atoms with Crippen LogP contribution in [0, 0.1) is 0 Å². The van der Waals surface area contributed by atoms with E-state index in [1.54, 1.807) is 0 Å². The molecule has 3 heteroatoms. The largest absolute Gasteiger partial charge is 0.456 e. The molecule has 3 heterocycles. The van der Waals surface area contributed by atoms with E-state index < -0.39 is 0 Å². The van der Waals surface area contributed by atoms with Gasteiger partial charge in [0.15, 0.2) is 0 Å². The van der Waals surface area contributed by atoms with Crippen molar-refractivity contribution in [3.05, 3.63) is 109 Å². The summed E-state index contributed by atoms with van der Waals surface area (Å²) in [6.45, 7) is 0. The molecule has 4 aromatic carbocycles. The number of aromatic nitrogens is 2. The van der Waals surface area contributed by atoms with Crippen LogP contribution in [0.15, 0.2) is 114 Å². The third kappa shape index (κ3) is 2.76. The lowest BCUT2D eigenvalue weighted by Crippen LogP contribution is -1.92. The van der Waals surface area contributed by atoms with Gasteiger partial charge in [0.05, 0.1) is 16.9 Å². The van der Waals surface area contributed by atoms with Crippen LogP contribution in [0.4, 0.5) is 0 Å². The minimum Gasteiger partial charge on any atom is -0.456 e. The summed E-state index contributed by atoms with van der Waals surface area (Å²) in [7, 11) is 0. The SMILES string of the molecule is c1ccc2c(c1)nc(-c1cc(-c3cccc4oc5ccccc5c34)ccn1)c1ccccc12. The van der Waals surface area contributed by atoms with Crippen LogP contribution < -0.4 is 0 Å². The summed E-state index contributed by atoms with van der Waals surface area (Å²) < 4.78 is 6.11. The van der Waals surface area contributed by atoms with Crippen LogP contribution in [0.5, 0.6) is 0 Å². The van der Waals surface area contributed by atoms with Gasteiger partial charge in [-0.1, -0.05) is 72.8 Å². The molecule has 3 aromatic heterocycles. The van der Waals surface area contributed by atoms with Crippen LogP contribution >= 0.6 is 0 Å². The van der Waals surface area contributed by atoms with E-state index in [-0.39, 0.29) is 0 Å². The van der Waals surface area contributed by atoms with Crippen LogP contribution in [0.25, 0.3) is 66.1 Å². The fourth-order valence-electron chi connectivity index (χ4n) is 4.84. The molecule has 0 amide bonds. The van der Waals surface area contributed by atoms with E-state index in [1.807, 2.05) is 36.5 Å². The van der Waals surface area contributed by atoms with Gasteiger partial charge in [0.25, 0.3) is 0 Å². The van der Waals surface area contributed by atoms with Gasteiger partial charge >= 0.3 is 0 Å². The molecule has 7 rings (SSSR count). The van der Waals surface area contributed by atoms with Gasteiger partial charge in [0.2, 0.25) is 0 Å². The molecule has 0 N–H and O–H groups in total. The van der Waals surface area contributed by atoms with Crippen LogP contribution in [0.3, 0.4) is 0 Å². The Balaban J connectivity index is 1.50. The lowest BCUT2D eigenvalue weighted by atomic mass is 9.98. The van der Waals surface area contributed by atoms with Gasteiger partial charge in [0.1, 0.15) is 11.2 Å². The van der Waals surface area contributed by atoms with Crippen molar-refractivity contribution in [1.29, 1.82) is 0 Å². The zero-order chi connectivity index (χ0) is 21.8. The van der Waals surface area contributed by atoms with Crippen molar-refractivity contribution in [2.75, 3.05) is 0 Å². The maximum Gasteiger partial charge on any atom is 0.136 e. The Labute approximate surface area is 190 Å². The molecular formula is C30H18N2O. The number of pyridine rings is 2. The van der Waals surface area contributed by atoms with E-state index in [0.717, 1.165) is 60.7 Å². The predicted molar refractivity (Wildman–Crippen MR) is 135 cm³/mol. The molecule has 33 heavy (non-hydrogen) atoms. The van der Waals surface area contributed by atoms with Gasteiger partial charge in [0, 0.05) is 27.7 Å². The molecule has 0 spiro atoms. The molecule has 0 radical (unpaired) electrons. The van der Waals surface area contributed by atoms with Crippen LogP contribution in [0.1, 0.15) is 0 Å². The van der Waals surface area contributed by atoms with Crippen LogP contribution in [-0.2, 0) is 0 Å². The van der Waals surface area contributed by atoms with Gasteiger partial charge in [-0.3, -0.25) is 4.98 Å². The minimum atomic E-state index is 0.860. The van der Waals surface area contributed by atoms with Crippen molar-refractivity contribution in [3.8, 4) is 22.5 Å². The fraction of sp³-hybridized carbons (Fsp3) is 0. The Morgan fingerprint density at radius 1 is 0.576 bits per heavy atom. The highest BCUT2D eigenvalue weighted by atomic mass is 16.3. The molecule has 3 nitrogen and oxygen atoms in total. The molecule has 7 aromatic rings. The summed E-state index contributed by atoms with van der Waals surface area (Å²) >= 11 is 0. The zero-order valence-corrected chi connectivity index (χ0v) is 17.7. The number of benzene rings is 4. The fourth-order valence-corrected chi connectivity index (χ4v) is 4.84. The number of hydrogen-bond donors (Lipinski definition) is 0.